The fraction of sp³-hybridized carbons (Fsp3) is 0.281. The van der Waals surface area contributed by atoms with Crippen LogP contribution < -0.4 is 10.1 Å². The topological polar surface area (TPSA) is 107 Å². The molecule has 2 aliphatic rings. The van der Waals surface area contributed by atoms with E-state index in [2.05, 4.69) is 10.3 Å². The van der Waals surface area contributed by atoms with Crippen molar-refractivity contribution in [3.63, 3.8) is 0 Å². The van der Waals surface area contributed by atoms with Crippen LogP contribution >= 0.6 is 0 Å². The molecule has 1 saturated carbocycles. The van der Waals surface area contributed by atoms with Crippen molar-refractivity contribution in [3.05, 3.63) is 113 Å². The minimum Gasteiger partial charge on any atom is -0.484 e. The molecule has 4 aromatic rings. The van der Waals surface area contributed by atoms with Crippen molar-refractivity contribution in [2.24, 2.45) is 0 Å². The molecule has 1 amide bonds. The van der Waals surface area contributed by atoms with Gasteiger partial charge in [0.2, 0.25) is 0 Å². The summed E-state index contributed by atoms with van der Waals surface area (Å²) in [6.45, 7) is 0.463. The summed E-state index contributed by atoms with van der Waals surface area (Å²) in [4.78, 5) is 29.6. The standard InChI is InChI=1S/C32H31N3O5S/c36-29-11-5-10-26-27(29)14-15-30(40-31(19-35-17-16-33-21-35)22-6-2-1-3-7-22)28(26)20-41(38,39)25-9-4-8-23(18-25)32(37)34-24-12-13-24/h1-4,6-9,14-18,21,24,31H,5,10-13,19-20H2,(H,34,37). The minimum absolute atomic E-state index is 0.00761. The average molecular weight is 570 g/mol. The Bertz CT molecular complexity index is 1680. The molecule has 0 saturated heterocycles. The number of ketones is 1. The molecule has 210 valence electrons. The fourth-order valence-corrected chi connectivity index (χ4v) is 6.72. The number of amides is 1. The second kappa shape index (κ2) is 11.3. The zero-order valence-electron chi connectivity index (χ0n) is 22.5. The van der Waals surface area contributed by atoms with Gasteiger partial charge in [0.05, 0.1) is 23.5 Å². The first kappa shape index (κ1) is 27.0. The number of hydrogen-bond donors (Lipinski definition) is 1. The molecule has 1 fully saturated rings. The van der Waals surface area contributed by atoms with Crippen LogP contribution in [0.5, 0.6) is 5.75 Å². The van der Waals surface area contributed by atoms with Crippen molar-refractivity contribution in [2.45, 2.75) is 61.4 Å². The Morgan fingerprint density at radius 2 is 1.88 bits per heavy atom. The Labute approximate surface area is 239 Å². The molecule has 1 N–H and O–H groups in total. The number of hydrogen-bond acceptors (Lipinski definition) is 6. The van der Waals surface area contributed by atoms with E-state index in [-0.39, 0.29) is 28.4 Å². The number of carbonyl (C=O) groups is 2. The molecule has 41 heavy (non-hydrogen) atoms. The molecule has 0 bridgehead atoms. The quantitative estimate of drug-likeness (QED) is 0.285. The van der Waals surface area contributed by atoms with Gasteiger partial charge in [-0.1, -0.05) is 36.4 Å². The largest absolute Gasteiger partial charge is 0.484 e. The number of ether oxygens (including phenoxy) is 1. The molecular formula is C32H31N3O5S. The number of sulfone groups is 1. The van der Waals surface area contributed by atoms with Crippen molar-refractivity contribution in [2.75, 3.05) is 0 Å². The average Bonchev–Trinajstić information content (AvgIpc) is 3.65. The molecule has 1 aromatic heterocycles. The summed E-state index contributed by atoms with van der Waals surface area (Å²) in [6, 6.07) is 19.5. The molecule has 1 heterocycles. The lowest BCUT2D eigenvalue weighted by atomic mass is 9.87. The molecule has 0 spiro atoms. The first-order chi connectivity index (χ1) is 19.9. The van der Waals surface area contributed by atoms with Gasteiger partial charge >= 0.3 is 0 Å². The second-order valence-corrected chi connectivity index (χ2v) is 12.6. The van der Waals surface area contributed by atoms with Crippen LogP contribution in [0.3, 0.4) is 0 Å². The van der Waals surface area contributed by atoms with Crippen LogP contribution in [0, 0.1) is 0 Å². The van der Waals surface area contributed by atoms with E-state index in [1.54, 1.807) is 36.8 Å². The zero-order chi connectivity index (χ0) is 28.4. The molecule has 0 aliphatic heterocycles. The van der Waals surface area contributed by atoms with Gasteiger partial charge in [0.1, 0.15) is 11.9 Å². The van der Waals surface area contributed by atoms with E-state index >= 15 is 0 Å². The number of benzene rings is 3. The third-order valence-corrected chi connectivity index (χ3v) is 9.24. The summed E-state index contributed by atoms with van der Waals surface area (Å²) in [7, 11) is -3.89. The highest BCUT2D eigenvalue weighted by Gasteiger charge is 2.29. The van der Waals surface area contributed by atoms with E-state index in [1.165, 1.54) is 12.1 Å². The predicted octanol–water partition coefficient (Wildman–Crippen LogP) is 5.09. The van der Waals surface area contributed by atoms with Crippen LogP contribution in [0.2, 0.25) is 0 Å². The van der Waals surface area contributed by atoms with Crippen LogP contribution in [0.15, 0.2) is 90.3 Å². The molecular weight excluding hydrogens is 538 g/mol. The highest BCUT2D eigenvalue weighted by molar-refractivity contribution is 7.90. The lowest BCUT2D eigenvalue weighted by Crippen LogP contribution is -2.25. The van der Waals surface area contributed by atoms with Crippen molar-refractivity contribution in [1.82, 2.24) is 14.9 Å². The maximum Gasteiger partial charge on any atom is 0.251 e. The number of fused-ring (bicyclic) bond motifs is 1. The third-order valence-electron chi connectivity index (χ3n) is 7.60. The number of nitrogens with zero attached hydrogens (tertiary/aromatic N) is 2. The Kier molecular flexibility index (Phi) is 7.45. The van der Waals surface area contributed by atoms with Gasteiger partial charge < -0.3 is 14.6 Å². The maximum atomic E-state index is 13.9. The monoisotopic (exact) mass is 569 g/mol. The first-order valence-electron chi connectivity index (χ1n) is 13.9. The van der Waals surface area contributed by atoms with Crippen molar-refractivity contribution in [1.29, 1.82) is 0 Å². The Balaban J connectivity index is 1.37. The lowest BCUT2D eigenvalue weighted by molar-refractivity contribution is 0.0948. The van der Waals surface area contributed by atoms with Gasteiger partial charge in [-0.3, -0.25) is 9.59 Å². The number of Topliss-reactive ketones (excluding diaryl/α,β-unsaturated/α-hetero) is 1. The van der Waals surface area contributed by atoms with E-state index < -0.39 is 15.9 Å². The van der Waals surface area contributed by atoms with Gasteiger partial charge in [-0.25, -0.2) is 13.4 Å². The summed E-state index contributed by atoms with van der Waals surface area (Å²) in [5.74, 6) is -0.188. The normalized spacial score (nSPS) is 15.7. The number of nitrogens with one attached hydrogen (secondary N) is 1. The molecule has 8 nitrogen and oxygen atoms in total. The lowest BCUT2D eigenvalue weighted by Gasteiger charge is -2.26. The maximum absolute atomic E-state index is 13.9. The van der Waals surface area contributed by atoms with Gasteiger partial charge in [-0.15, -0.1) is 0 Å². The summed E-state index contributed by atoms with van der Waals surface area (Å²) < 4.78 is 36.2. The number of carbonyl (C=O) groups excluding carboxylic acids is 2. The Hall–Kier alpha value is -4.24. The van der Waals surface area contributed by atoms with E-state index in [0.717, 1.165) is 24.0 Å². The molecule has 1 unspecified atom stereocenters. The summed E-state index contributed by atoms with van der Waals surface area (Å²) in [6.07, 6.45) is 8.38. The Morgan fingerprint density at radius 3 is 2.63 bits per heavy atom. The Morgan fingerprint density at radius 1 is 1.05 bits per heavy atom. The van der Waals surface area contributed by atoms with Gasteiger partial charge in [0, 0.05) is 41.5 Å². The number of rotatable bonds is 10. The summed E-state index contributed by atoms with van der Waals surface area (Å²) >= 11 is 0. The van der Waals surface area contributed by atoms with Crippen molar-refractivity contribution >= 4 is 21.5 Å². The van der Waals surface area contributed by atoms with Crippen LogP contribution in [0.25, 0.3) is 0 Å². The number of imidazole rings is 1. The van der Waals surface area contributed by atoms with Crippen molar-refractivity contribution in [3.8, 4) is 5.75 Å². The smallest absolute Gasteiger partial charge is 0.251 e. The SMILES string of the molecule is O=C(NC1CC1)c1cccc(S(=O)(=O)Cc2c(OC(Cn3ccnc3)c3ccccc3)ccc3c2CCCC3=O)c1. The van der Waals surface area contributed by atoms with E-state index in [1.807, 2.05) is 41.1 Å². The van der Waals surface area contributed by atoms with Crippen LogP contribution in [0.1, 0.15) is 69.2 Å². The predicted molar refractivity (Wildman–Crippen MR) is 154 cm³/mol. The van der Waals surface area contributed by atoms with Crippen LogP contribution in [-0.4, -0.2) is 35.7 Å². The summed E-state index contributed by atoms with van der Waals surface area (Å²) in [5, 5.41) is 2.91. The minimum atomic E-state index is -3.89. The highest BCUT2D eigenvalue weighted by Crippen LogP contribution is 2.36. The molecule has 3 aromatic carbocycles. The van der Waals surface area contributed by atoms with Gasteiger partial charge in [-0.2, -0.15) is 0 Å². The van der Waals surface area contributed by atoms with Gasteiger partial charge in [0.15, 0.2) is 15.6 Å². The molecule has 0 radical (unpaired) electrons. The highest BCUT2D eigenvalue weighted by atomic mass is 32.2. The fourth-order valence-electron chi connectivity index (χ4n) is 5.27. The van der Waals surface area contributed by atoms with E-state index in [0.29, 0.717) is 48.2 Å². The van der Waals surface area contributed by atoms with Crippen LogP contribution in [-0.2, 0) is 28.6 Å². The third kappa shape index (κ3) is 6.10. The summed E-state index contributed by atoms with van der Waals surface area (Å²) in [5.41, 5.74) is 3.01. The molecule has 2 aliphatic carbocycles. The number of aromatic nitrogens is 2. The molecule has 6 rings (SSSR count). The van der Waals surface area contributed by atoms with Crippen LogP contribution in [0.4, 0.5) is 0 Å². The van der Waals surface area contributed by atoms with Crippen molar-refractivity contribution < 1.29 is 22.7 Å². The molecule has 1 atom stereocenters. The van der Waals surface area contributed by atoms with E-state index in [4.69, 9.17) is 4.74 Å². The van der Waals surface area contributed by atoms with Gasteiger partial charge in [0.25, 0.3) is 5.91 Å². The first-order valence-corrected chi connectivity index (χ1v) is 15.5. The van der Waals surface area contributed by atoms with Gasteiger partial charge in [-0.05, 0) is 67.1 Å². The molecule has 9 heteroatoms. The second-order valence-electron chi connectivity index (χ2n) is 10.7. The zero-order valence-corrected chi connectivity index (χ0v) is 23.3. The van der Waals surface area contributed by atoms with E-state index in [9.17, 15) is 18.0 Å².